The summed E-state index contributed by atoms with van der Waals surface area (Å²) in [6.45, 7) is 5.31. The number of nitrogens with zero attached hydrogens (tertiary/aromatic N) is 1. The van der Waals surface area contributed by atoms with Gasteiger partial charge in [-0.15, -0.1) is 0 Å². The molecule has 0 saturated carbocycles. The fourth-order valence-corrected chi connectivity index (χ4v) is 2.27. The van der Waals surface area contributed by atoms with Crippen molar-refractivity contribution < 1.29 is 23.8 Å². The molecule has 7 nitrogen and oxygen atoms in total. The van der Waals surface area contributed by atoms with E-state index in [-0.39, 0.29) is 0 Å². The summed E-state index contributed by atoms with van der Waals surface area (Å²) in [6.07, 6.45) is -1.94. The molecule has 0 aliphatic carbocycles. The highest BCUT2D eigenvalue weighted by Crippen LogP contribution is 2.24. The van der Waals surface area contributed by atoms with E-state index in [1.807, 2.05) is 13.0 Å². The molecule has 0 aliphatic rings. The van der Waals surface area contributed by atoms with E-state index in [0.29, 0.717) is 29.4 Å². The van der Waals surface area contributed by atoms with Crippen molar-refractivity contribution in [3.8, 4) is 17.6 Å². The fourth-order valence-electron chi connectivity index (χ4n) is 2.27. The molecule has 28 heavy (non-hydrogen) atoms. The second kappa shape index (κ2) is 9.97. The van der Waals surface area contributed by atoms with Gasteiger partial charge in [-0.2, -0.15) is 5.26 Å². The van der Waals surface area contributed by atoms with Crippen LogP contribution in [0.2, 0.25) is 0 Å². The molecule has 0 spiro atoms. The molecule has 7 heteroatoms. The van der Waals surface area contributed by atoms with Gasteiger partial charge in [0.25, 0.3) is 5.91 Å². The first-order valence-corrected chi connectivity index (χ1v) is 8.84. The molecule has 0 aliphatic heterocycles. The molecule has 1 amide bonds. The van der Waals surface area contributed by atoms with Gasteiger partial charge in [-0.25, -0.2) is 4.79 Å². The number of hydrogen-bond donors (Lipinski definition) is 1. The normalized spacial score (nSPS) is 12.2. The van der Waals surface area contributed by atoms with Gasteiger partial charge in [0, 0.05) is 0 Å². The third-order valence-corrected chi connectivity index (χ3v) is 3.74. The van der Waals surface area contributed by atoms with Crippen molar-refractivity contribution in [2.45, 2.75) is 33.0 Å². The molecule has 0 fully saturated rings. The quantitative estimate of drug-likeness (QED) is 0.704. The third-order valence-electron chi connectivity index (χ3n) is 3.74. The Morgan fingerprint density at radius 3 is 2.39 bits per heavy atom. The van der Waals surface area contributed by atoms with Crippen LogP contribution in [0.25, 0.3) is 0 Å². The number of carbonyl (C=O) groups is 2. The molecule has 0 unspecified atom stereocenters. The Labute approximate surface area is 163 Å². The summed E-state index contributed by atoms with van der Waals surface area (Å²) in [4.78, 5) is 24.5. The molecule has 2 aromatic rings. The molecule has 0 bridgehead atoms. The van der Waals surface area contributed by atoms with Crippen LogP contribution in [0.4, 0.5) is 5.69 Å². The number of para-hydroxylation sites is 2. The monoisotopic (exact) mass is 382 g/mol. The van der Waals surface area contributed by atoms with E-state index in [4.69, 9.17) is 19.5 Å². The van der Waals surface area contributed by atoms with Crippen LogP contribution >= 0.6 is 0 Å². The zero-order chi connectivity index (χ0) is 20.5. The minimum Gasteiger partial charge on any atom is -0.492 e. The van der Waals surface area contributed by atoms with Crippen molar-refractivity contribution in [1.29, 1.82) is 5.26 Å². The number of nitriles is 1. The van der Waals surface area contributed by atoms with Crippen LogP contribution in [-0.2, 0) is 14.3 Å². The number of amides is 1. The molecule has 2 rings (SSSR count). The molecule has 0 heterocycles. The number of rotatable bonds is 8. The predicted octanol–water partition coefficient (Wildman–Crippen LogP) is 3.29. The number of hydrogen-bond acceptors (Lipinski definition) is 6. The molecule has 146 valence electrons. The zero-order valence-electron chi connectivity index (χ0n) is 16.0. The molecule has 2 atom stereocenters. The van der Waals surface area contributed by atoms with Gasteiger partial charge < -0.3 is 19.5 Å². The van der Waals surface area contributed by atoms with Crippen LogP contribution in [0, 0.1) is 11.3 Å². The first-order valence-electron chi connectivity index (χ1n) is 8.84. The highest BCUT2D eigenvalue weighted by molar-refractivity contribution is 5.96. The minimum atomic E-state index is -1.02. The number of benzene rings is 2. The van der Waals surface area contributed by atoms with E-state index in [0.717, 1.165) is 0 Å². The summed E-state index contributed by atoms with van der Waals surface area (Å²) >= 11 is 0. The lowest BCUT2D eigenvalue weighted by Crippen LogP contribution is -2.35. The van der Waals surface area contributed by atoms with Gasteiger partial charge in [0.05, 0.1) is 23.9 Å². The first-order chi connectivity index (χ1) is 13.4. The van der Waals surface area contributed by atoms with Crippen molar-refractivity contribution in [3.63, 3.8) is 0 Å². The fraction of sp³-hybridized carbons (Fsp3) is 0.286. The summed E-state index contributed by atoms with van der Waals surface area (Å²) in [6, 6.07) is 15.3. The SMILES string of the molecule is CCOc1ccccc1NC(=O)[C@H](C)OC(=O)[C@H](C)Oc1ccc(C#N)cc1. The Morgan fingerprint density at radius 2 is 1.75 bits per heavy atom. The number of esters is 1. The van der Waals surface area contributed by atoms with Crippen LogP contribution in [0.1, 0.15) is 26.3 Å². The molecular formula is C21H22N2O5. The Morgan fingerprint density at radius 1 is 1.07 bits per heavy atom. The van der Waals surface area contributed by atoms with Gasteiger partial charge in [-0.3, -0.25) is 4.79 Å². The summed E-state index contributed by atoms with van der Waals surface area (Å²) in [7, 11) is 0. The smallest absolute Gasteiger partial charge is 0.347 e. The Kier molecular flexibility index (Phi) is 7.40. The highest BCUT2D eigenvalue weighted by Gasteiger charge is 2.24. The summed E-state index contributed by atoms with van der Waals surface area (Å²) in [5, 5.41) is 11.5. The van der Waals surface area contributed by atoms with E-state index < -0.39 is 24.1 Å². The van der Waals surface area contributed by atoms with E-state index in [1.165, 1.54) is 13.8 Å². The first kappa shape index (κ1) is 20.8. The largest absolute Gasteiger partial charge is 0.492 e. The lowest BCUT2D eigenvalue weighted by molar-refractivity contribution is -0.159. The average molecular weight is 382 g/mol. The maximum absolute atomic E-state index is 12.3. The molecule has 0 aromatic heterocycles. The van der Waals surface area contributed by atoms with Gasteiger partial charge in [0.2, 0.25) is 0 Å². The number of nitrogens with one attached hydrogen (secondary N) is 1. The summed E-state index contributed by atoms with van der Waals surface area (Å²) in [5.41, 5.74) is 0.985. The molecule has 2 aromatic carbocycles. The Hall–Kier alpha value is -3.53. The lowest BCUT2D eigenvalue weighted by Gasteiger charge is -2.18. The van der Waals surface area contributed by atoms with E-state index in [2.05, 4.69) is 5.32 Å². The van der Waals surface area contributed by atoms with Crippen molar-refractivity contribution in [3.05, 3.63) is 54.1 Å². The topological polar surface area (TPSA) is 97.7 Å². The number of anilines is 1. The maximum atomic E-state index is 12.3. The average Bonchev–Trinajstić information content (AvgIpc) is 2.70. The minimum absolute atomic E-state index is 0.422. The molecule has 1 N–H and O–H groups in total. The second-order valence-corrected chi connectivity index (χ2v) is 5.89. The van der Waals surface area contributed by atoms with Gasteiger partial charge in [0.1, 0.15) is 11.5 Å². The van der Waals surface area contributed by atoms with Crippen LogP contribution in [0.3, 0.4) is 0 Å². The van der Waals surface area contributed by atoms with Gasteiger partial charge in [-0.05, 0) is 57.2 Å². The van der Waals surface area contributed by atoms with Crippen LogP contribution in [0.15, 0.2) is 48.5 Å². The molecular weight excluding hydrogens is 360 g/mol. The lowest BCUT2D eigenvalue weighted by atomic mass is 10.2. The third kappa shape index (κ3) is 5.74. The zero-order valence-corrected chi connectivity index (χ0v) is 16.0. The Balaban J connectivity index is 1.91. The van der Waals surface area contributed by atoms with Gasteiger partial charge in [0.15, 0.2) is 12.2 Å². The summed E-state index contributed by atoms with van der Waals surface area (Å²) in [5.74, 6) is -0.197. The van der Waals surface area contributed by atoms with Crippen molar-refractivity contribution in [2.75, 3.05) is 11.9 Å². The van der Waals surface area contributed by atoms with Crippen molar-refractivity contribution in [1.82, 2.24) is 0 Å². The van der Waals surface area contributed by atoms with E-state index in [9.17, 15) is 9.59 Å². The second-order valence-electron chi connectivity index (χ2n) is 5.89. The van der Waals surface area contributed by atoms with Gasteiger partial charge in [-0.1, -0.05) is 12.1 Å². The van der Waals surface area contributed by atoms with Crippen molar-refractivity contribution >= 4 is 17.6 Å². The predicted molar refractivity (Wildman–Crippen MR) is 103 cm³/mol. The van der Waals surface area contributed by atoms with Crippen molar-refractivity contribution in [2.24, 2.45) is 0 Å². The Bertz CT molecular complexity index is 858. The van der Waals surface area contributed by atoms with Gasteiger partial charge >= 0.3 is 5.97 Å². The van der Waals surface area contributed by atoms with E-state index >= 15 is 0 Å². The maximum Gasteiger partial charge on any atom is 0.347 e. The van der Waals surface area contributed by atoms with Crippen LogP contribution in [0.5, 0.6) is 11.5 Å². The summed E-state index contributed by atoms with van der Waals surface area (Å²) < 4.78 is 16.1. The number of ether oxygens (including phenoxy) is 3. The van der Waals surface area contributed by atoms with Crippen LogP contribution in [-0.4, -0.2) is 30.7 Å². The molecule has 0 saturated heterocycles. The molecule has 0 radical (unpaired) electrons. The van der Waals surface area contributed by atoms with Crippen LogP contribution < -0.4 is 14.8 Å². The standard InChI is InChI=1S/C21H22N2O5/c1-4-26-19-8-6-5-7-18(19)23-20(24)14(2)28-21(25)15(3)27-17-11-9-16(13-22)10-12-17/h5-12,14-15H,4H2,1-3H3,(H,23,24)/t14-,15-/m0/s1. The van der Waals surface area contributed by atoms with E-state index in [1.54, 1.807) is 48.5 Å². The highest BCUT2D eigenvalue weighted by atomic mass is 16.6. The number of carbonyl (C=O) groups excluding carboxylic acids is 2.